The van der Waals surface area contributed by atoms with Crippen LogP contribution in [0.15, 0.2) is 46.1 Å². The number of benzene rings is 1. The van der Waals surface area contributed by atoms with Gasteiger partial charge in [0.1, 0.15) is 6.54 Å². The van der Waals surface area contributed by atoms with E-state index in [1.807, 2.05) is 24.0 Å². The van der Waals surface area contributed by atoms with Crippen LogP contribution in [-0.4, -0.2) is 27.5 Å². The zero-order chi connectivity index (χ0) is 17.7. The molecule has 1 heterocycles. The maximum absolute atomic E-state index is 12.0. The quantitative estimate of drug-likeness (QED) is 0.771. The lowest BCUT2D eigenvalue weighted by Crippen LogP contribution is -2.34. The first-order valence-corrected chi connectivity index (χ1v) is 7.22. The van der Waals surface area contributed by atoms with E-state index in [0.717, 1.165) is 16.2 Å². The van der Waals surface area contributed by atoms with E-state index in [4.69, 9.17) is 4.74 Å². The maximum Gasteiger partial charge on any atom is 0.328 e. The molecular weight excluding hydrogens is 314 g/mol. The van der Waals surface area contributed by atoms with Crippen molar-refractivity contribution in [1.29, 1.82) is 0 Å². The van der Waals surface area contributed by atoms with Gasteiger partial charge in [-0.1, -0.05) is 17.7 Å². The van der Waals surface area contributed by atoms with E-state index in [-0.39, 0.29) is 0 Å². The first-order valence-electron chi connectivity index (χ1n) is 7.22. The van der Waals surface area contributed by atoms with Gasteiger partial charge in [-0.3, -0.25) is 23.9 Å². The van der Waals surface area contributed by atoms with Gasteiger partial charge in [-0.05, 0) is 26.0 Å². The summed E-state index contributed by atoms with van der Waals surface area (Å²) >= 11 is 0. The molecule has 8 nitrogen and oxygen atoms in total. The SMILES string of the molecule is Cc1ccc(NC(=O)[C@@H](C)OC(=O)Cn2ccc(=O)[nH]c2=O)cc1. The standard InChI is InChI=1S/C16H17N3O5/c1-10-3-5-12(6-4-10)17-15(22)11(2)24-14(21)9-19-8-7-13(20)18-16(19)23/h3-8,11H,9H2,1-2H3,(H,17,22)(H,18,20,23)/t11-/m1/s1. The van der Waals surface area contributed by atoms with Crippen LogP contribution >= 0.6 is 0 Å². The number of aromatic nitrogens is 2. The molecule has 0 radical (unpaired) electrons. The summed E-state index contributed by atoms with van der Waals surface area (Å²) in [6.07, 6.45) is 0.150. The average molecular weight is 331 g/mol. The van der Waals surface area contributed by atoms with Crippen molar-refractivity contribution in [2.45, 2.75) is 26.5 Å². The summed E-state index contributed by atoms with van der Waals surface area (Å²) in [4.78, 5) is 48.3. The minimum atomic E-state index is -1.03. The molecule has 2 rings (SSSR count). The molecule has 2 N–H and O–H groups in total. The molecule has 8 heteroatoms. The lowest BCUT2D eigenvalue weighted by atomic mass is 10.2. The van der Waals surface area contributed by atoms with E-state index in [1.165, 1.54) is 13.1 Å². The van der Waals surface area contributed by atoms with Crippen LogP contribution < -0.4 is 16.6 Å². The van der Waals surface area contributed by atoms with Gasteiger partial charge < -0.3 is 10.1 Å². The molecule has 24 heavy (non-hydrogen) atoms. The van der Waals surface area contributed by atoms with Crippen molar-refractivity contribution in [2.75, 3.05) is 5.32 Å². The van der Waals surface area contributed by atoms with Crippen LogP contribution in [0.5, 0.6) is 0 Å². The third-order valence-electron chi connectivity index (χ3n) is 3.19. The van der Waals surface area contributed by atoms with Crippen molar-refractivity contribution in [3.63, 3.8) is 0 Å². The van der Waals surface area contributed by atoms with Crippen LogP contribution in [0.2, 0.25) is 0 Å². The van der Waals surface area contributed by atoms with Crippen molar-refractivity contribution in [3.8, 4) is 0 Å². The fraction of sp³-hybridized carbons (Fsp3) is 0.250. The molecule has 0 aliphatic carbocycles. The molecule has 0 aliphatic heterocycles. The van der Waals surface area contributed by atoms with Crippen molar-refractivity contribution in [2.24, 2.45) is 0 Å². The van der Waals surface area contributed by atoms with Crippen molar-refractivity contribution in [1.82, 2.24) is 9.55 Å². The number of amides is 1. The molecular formula is C16H17N3O5. The van der Waals surface area contributed by atoms with Crippen LogP contribution in [0, 0.1) is 6.92 Å². The highest BCUT2D eigenvalue weighted by molar-refractivity contribution is 5.95. The Bertz CT molecular complexity index is 851. The van der Waals surface area contributed by atoms with Gasteiger partial charge in [-0.25, -0.2) is 4.79 Å². The summed E-state index contributed by atoms with van der Waals surface area (Å²) in [5.74, 6) is -1.25. The highest BCUT2D eigenvalue weighted by Crippen LogP contribution is 2.09. The van der Waals surface area contributed by atoms with Gasteiger partial charge in [-0.15, -0.1) is 0 Å². The van der Waals surface area contributed by atoms with Gasteiger partial charge in [-0.2, -0.15) is 0 Å². The number of ether oxygens (including phenoxy) is 1. The molecule has 1 amide bonds. The zero-order valence-corrected chi connectivity index (χ0v) is 13.2. The third-order valence-corrected chi connectivity index (χ3v) is 3.19. The van der Waals surface area contributed by atoms with E-state index in [1.54, 1.807) is 12.1 Å². The van der Waals surface area contributed by atoms with Crippen LogP contribution in [-0.2, 0) is 20.9 Å². The topological polar surface area (TPSA) is 110 Å². The summed E-state index contributed by atoms with van der Waals surface area (Å²) < 4.78 is 5.98. The molecule has 1 aromatic carbocycles. The summed E-state index contributed by atoms with van der Waals surface area (Å²) in [7, 11) is 0. The minimum absolute atomic E-state index is 0.405. The van der Waals surface area contributed by atoms with E-state index >= 15 is 0 Å². The number of rotatable bonds is 5. The van der Waals surface area contributed by atoms with Gasteiger partial charge in [0.2, 0.25) is 0 Å². The Labute approximate surface area is 137 Å². The Hall–Kier alpha value is -3.16. The number of nitrogens with zero attached hydrogens (tertiary/aromatic N) is 1. The summed E-state index contributed by atoms with van der Waals surface area (Å²) in [5.41, 5.74) is 0.357. The summed E-state index contributed by atoms with van der Waals surface area (Å²) in [6, 6.07) is 8.27. The molecule has 0 bridgehead atoms. The highest BCUT2D eigenvalue weighted by atomic mass is 16.5. The first kappa shape index (κ1) is 17.2. The average Bonchev–Trinajstić information content (AvgIpc) is 2.52. The normalized spacial score (nSPS) is 11.6. The highest BCUT2D eigenvalue weighted by Gasteiger charge is 2.18. The van der Waals surface area contributed by atoms with Gasteiger partial charge >= 0.3 is 11.7 Å². The predicted octanol–water partition coefficient (Wildman–Crippen LogP) is 0.415. The van der Waals surface area contributed by atoms with E-state index in [9.17, 15) is 19.2 Å². The second kappa shape index (κ2) is 7.40. The second-order valence-electron chi connectivity index (χ2n) is 5.23. The number of hydrogen-bond acceptors (Lipinski definition) is 5. The van der Waals surface area contributed by atoms with Gasteiger partial charge in [0, 0.05) is 18.0 Å². The number of nitrogens with one attached hydrogen (secondary N) is 2. The molecule has 1 atom stereocenters. The van der Waals surface area contributed by atoms with Crippen LogP contribution in [0.3, 0.4) is 0 Å². The molecule has 0 fully saturated rings. The maximum atomic E-state index is 12.0. The smallest absolute Gasteiger partial charge is 0.328 e. The number of carbonyl (C=O) groups is 2. The first-order chi connectivity index (χ1) is 11.3. The van der Waals surface area contributed by atoms with Gasteiger partial charge in [0.25, 0.3) is 11.5 Å². The summed E-state index contributed by atoms with van der Waals surface area (Å²) in [5, 5.41) is 2.62. The predicted molar refractivity (Wildman–Crippen MR) is 86.7 cm³/mol. The Morgan fingerprint density at radius 3 is 2.50 bits per heavy atom. The number of carbonyl (C=O) groups excluding carboxylic acids is 2. The molecule has 0 spiro atoms. The number of anilines is 1. The number of H-pyrrole nitrogens is 1. The number of aromatic amines is 1. The summed E-state index contributed by atoms with van der Waals surface area (Å²) in [6.45, 7) is 2.95. The van der Waals surface area contributed by atoms with Crippen LogP contribution in [0.25, 0.3) is 0 Å². The molecule has 2 aromatic rings. The Morgan fingerprint density at radius 1 is 1.21 bits per heavy atom. The van der Waals surface area contributed by atoms with Gasteiger partial charge in [0.05, 0.1) is 0 Å². The fourth-order valence-corrected chi connectivity index (χ4v) is 1.88. The Morgan fingerprint density at radius 2 is 1.88 bits per heavy atom. The Kier molecular flexibility index (Phi) is 5.31. The third kappa shape index (κ3) is 4.67. The zero-order valence-electron chi connectivity index (χ0n) is 13.2. The molecule has 0 aliphatic rings. The van der Waals surface area contributed by atoms with E-state index < -0.39 is 35.8 Å². The van der Waals surface area contributed by atoms with Crippen LogP contribution in [0.1, 0.15) is 12.5 Å². The van der Waals surface area contributed by atoms with E-state index in [2.05, 4.69) is 5.32 Å². The van der Waals surface area contributed by atoms with Crippen molar-refractivity contribution in [3.05, 3.63) is 62.9 Å². The lowest BCUT2D eigenvalue weighted by Gasteiger charge is -2.14. The lowest BCUT2D eigenvalue weighted by molar-refractivity contribution is -0.153. The minimum Gasteiger partial charge on any atom is -0.451 e. The molecule has 126 valence electrons. The fourth-order valence-electron chi connectivity index (χ4n) is 1.88. The number of aryl methyl sites for hydroxylation is 1. The monoisotopic (exact) mass is 331 g/mol. The Balaban J connectivity index is 1.92. The molecule has 0 unspecified atom stereocenters. The molecule has 1 aromatic heterocycles. The molecule has 0 saturated heterocycles. The number of hydrogen-bond donors (Lipinski definition) is 2. The number of esters is 1. The second-order valence-corrected chi connectivity index (χ2v) is 5.23. The largest absolute Gasteiger partial charge is 0.451 e. The van der Waals surface area contributed by atoms with E-state index in [0.29, 0.717) is 5.69 Å². The van der Waals surface area contributed by atoms with Crippen molar-refractivity contribution >= 4 is 17.6 Å². The van der Waals surface area contributed by atoms with Crippen molar-refractivity contribution < 1.29 is 14.3 Å². The van der Waals surface area contributed by atoms with Crippen LogP contribution in [0.4, 0.5) is 5.69 Å². The van der Waals surface area contributed by atoms with Gasteiger partial charge in [0.15, 0.2) is 6.10 Å². The molecule has 0 saturated carbocycles.